The maximum Gasteiger partial charge on any atom is 0.283 e. The molecular weight excluding hydrogens is 160 g/mol. The van der Waals surface area contributed by atoms with Gasteiger partial charge in [0.15, 0.2) is 0 Å². The van der Waals surface area contributed by atoms with Crippen LogP contribution in [0.4, 0.5) is 0 Å². The Labute approximate surface area is 68.5 Å². The van der Waals surface area contributed by atoms with Crippen LogP contribution >= 0.6 is 0 Å². The summed E-state index contributed by atoms with van der Waals surface area (Å²) in [6, 6.07) is 1.22. The van der Waals surface area contributed by atoms with Crippen LogP contribution in [0.15, 0.2) is 10.9 Å². The molecule has 6 nitrogen and oxygen atoms in total. The molecule has 0 saturated carbocycles. The summed E-state index contributed by atoms with van der Waals surface area (Å²) in [6.07, 6.45) is 0. The highest BCUT2D eigenvalue weighted by molar-refractivity contribution is 5.91. The minimum Gasteiger partial charge on any atom is -0.289 e. The van der Waals surface area contributed by atoms with E-state index in [1.165, 1.54) is 15.4 Å². The maximum absolute atomic E-state index is 11.0. The van der Waals surface area contributed by atoms with Gasteiger partial charge < -0.3 is 0 Å². The lowest BCUT2D eigenvalue weighted by atomic mass is 10.4. The van der Waals surface area contributed by atoms with Crippen molar-refractivity contribution in [2.24, 2.45) is 19.9 Å². The van der Waals surface area contributed by atoms with Crippen LogP contribution in [0, 0.1) is 0 Å². The van der Waals surface area contributed by atoms with Gasteiger partial charge in [0.05, 0.1) is 0 Å². The first-order valence-corrected chi connectivity index (χ1v) is 3.32. The molecule has 3 N–H and O–H groups in total. The second-order valence-electron chi connectivity index (χ2n) is 2.39. The van der Waals surface area contributed by atoms with E-state index >= 15 is 0 Å². The number of carbonyl (C=O) groups is 1. The topological polar surface area (TPSA) is 82.1 Å². The van der Waals surface area contributed by atoms with Crippen molar-refractivity contribution in [3.8, 4) is 0 Å². The van der Waals surface area contributed by atoms with E-state index in [0.717, 1.165) is 0 Å². The second-order valence-corrected chi connectivity index (χ2v) is 2.39. The summed E-state index contributed by atoms with van der Waals surface area (Å²) < 4.78 is 2.73. The van der Waals surface area contributed by atoms with Gasteiger partial charge in [0.2, 0.25) is 0 Å². The summed E-state index contributed by atoms with van der Waals surface area (Å²) in [5.41, 5.74) is 1.95. The van der Waals surface area contributed by atoms with Crippen molar-refractivity contribution in [3.05, 3.63) is 22.1 Å². The van der Waals surface area contributed by atoms with E-state index in [9.17, 15) is 9.59 Å². The third-order valence-electron chi connectivity index (χ3n) is 1.74. The monoisotopic (exact) mass is 170 g/mol. The van der Waals surface area contributed by atoms with Crippen molar-refractivity contribution >= 4 is 5.91 Å². The van der Waals surface area contributed by atoms with Crippen molar-refractivity contribution in [1.29, 1.82) is 0 Å². The standard InChI is InChI=1S/C6H10N4O2/c1-9-4(6(12)8-7)3-5(11)10(9)2/h3H,7H2,1-2H3,(H,8,12). The molecule has 0 atom stereocenters. The van der Waals surface area contributed by atoms with Crippen molar-refractivity contribution in [2.75, 3.05) is 0 Å². The lowest BCUT2D eigenvalue weighted by Gasteiger charge is -2.02. The average Bonchev–Trinajstić information content (AvgIpc) is 2.32. The van der Waals surface area contributed by atoms with E-state index in [0.29, 0.717) is 0 Å². The number of rotatable bonds is 1. The van der Waals surface area contributed by atoms with Crippen LogP contribution in [0.3, 0.4) is 0 Å². The molecule has 1 rings (SSSR count). The van der Waals surface area contributed by atoms with Crippen LogP contribution in [0.25, 0.3) is 0 Å². The first-order valence-electron chi connectivity index (χ1n) is 3.32. The number of hydrogen-bond acceptors (Lipinski definition) is 3. The van der Waals surface area contributed by atoms with Crippen molar-refractivity contribution in [3.63, 3.8) is 0 Å². The number of carbonyl (C=O) groups excluding carboxylic acids is 1. The lowest BCUT2D eigenvalue weighted by molar-refractivity contribution is 0.0943. The zero-order valence-electron chi connectivity index (χ0n) is 6.87. The van der Waals surface area contributed by atoms with Crippen LogP contribution in [0.5, 0.6) is 0 Å². The molecule has 0 spiro atoms. The minimum atomic E-state index is -0.477. The van der Waals surface area contributed by atoms with Gasteiger partial charge in [-0.15, -0.1) is 0 Å². The van der Waals surface area contributed by atoms with Gasteiger partial charge >= 0.3 is 0 Å². The molecule has 6 heteroatoms. The molecule has 1 aromatic heterocycles. The van der Waals surface area contributed by atoms with Gasteiger partial charge in [-0.2, -0.15) is 0 Å². The van der Waals surface area contributed by atoms with Gasteiger partial charge in [0.1, 0.15) is 5.69 Å². The number of nitrogen functional groups attached to an aromatic ring is 1. The van der Waals surface area contributed by atoms with Gasteiger partial charge in [0, 0.05) is 20.2 Å². The van der Waals surface area contributed by atoms with Crippen LogP contribution < -0.4 is 16.8 Å². The Bertz CT molecular complexity index is 362. The Balaban J connectivity index is 3.27. The van der Waals surface area contributed by atoms with Gasteiger partial charge in [0.25, 0.3) is 11.5 Å². The van der Waals surface area contributed by atoms with E-state index < -0.39 is 5.91 Å². The molecule has 1 heterocycles. The molecule has 0 radical (unpaired) electrons. The number of hydrogen-bond donors (Lipinski definition) is 2. The fourth-order valence-electron chi connectivity index (χ4n) is 0.900. The first-order chi connectivity index (χ1) is 5.57. The SMILES string of the molecule is Cn1c(C(=O)NN)cc(=O)n1C. The fourth-order valence-corrected chi connectivity index (χ4v) is 0.900. The normalized spacial score (nSPS) is 9.92. The van der Waals surface area contributed by atoms with Gasteiger partial charge in [-0.1, -0.05) is 0 Å². The summed E-state index contributed by atoms with van der Waals surface area (Å²) in [7, 11) is 3.17. The van der Waals surface area contributed by atoms with Crippen LogP contribution in [-0.2, 0) is 14.1 Å². The Morgan fingerprint density at radius 2 is 2.08 bits per heavy atom. The second kappa shape index (κ2) is 2.82. The molecule has 12 heavy (non-hydrogen) atoms. The summed E-state index contributed by atoms with van der Waals surface area (Å²) in [5, 5.41) is 0. The average molecular weight is 170 g/mol. The van der Waals surface area contributed by atoms with Gasteiger partial charge in [-0.05, 0) is 0 Å². The molecule has 0 saturated heterocycles. The lowest BCUT2D eigenvalue weighted by Crippen LogP contribution is -2.32. The van der Waals surface area contributed by atoms with Crippen molar-refractivity contribution in [1.82, 2.24) is 14.8 Å². The maximum atomic E-state index is 11.0. The van der Waals surface area contributed by atoms with Crippen LogP contribution in [-0.4, -0.2) is 15.3 Å². The quantitative estimate of drug-likeness (QED) is 0.300. The molecule has 0 fully saturated rings. The fraction of sp³-hybridized carbons (Fsp3) is 0.333. The highest BCUT2D eigenvalue weighted by atomic mass is 16.2. The number of nitrogens with zero attached hydrogens (tertiary/aromatic N) is 2. The molecule has 0 aliphatic rings. The summed E-state index contributed by atoms with van der Waals surface area (Å²) >= 11 is 0. The number of nitrogens with one attached hydrogen (secondary N) is 1. The van der Waals surface area contributed by atoms with E-state index in [1.807, 2.05) is 5.43 Å². The summed E-state index contributed by atoms with van der Waals surface area (Å²) in [5.74, 6) is 4.43. The Hall–Kier alpha value is -1.56. The molecule has 0 unspecified atom stereocenters. The Morgan fingerprint density at radius 3 is 2.42 bits per heavy atom. The molecule has 0 aliphatic heterocycles. The molecule has 0 bridgehead atoms. The Kier molecular flexibility index (Phi) is 2.01. The minimum absolute atomic E-state index is 0.240. The van der Waals surface area contributed by atoms with Crippen LogP contribution in [0.2, 0.25) is 0 Å². The molecule has 0 aliphatic carbocycles. The molecule has 66 valence electrons. The van der Waals surface area contributed by atoms with Gasteiger partial charge in [-0.3, -0.25) is 24.4 Å². The van der Waals surface area contributed by atoms with Crippen LogP contribution in [0.1, 0.15) is 10.5 Å². The highest BCUT2D eigenvalue weighted by Crippen LogP contribution is 1.92. The summed E-state index contributed by atoms with van der Waals surface area (Å²) in [6.45, 7) is 0. The zero-order chi connectivity index (χ0) is 9.30. The van der Waals surface area contributed by atoms with E-state index in [2.05, 4.69) is 0 Å². The predicted molar refractivity (Wildman–Crippen MR) is 42.3 cm³/mol. The third-order valence-corrected chi connectivity index (χ3v) is 1.74. The molecule has 0 aromatic carbocycles. The number of amides is 1. The third kappa shape index (κ3) is 1.12. The summed E-state index contributed by atoms with van der Waals surface area (Å²) in [4.78, 5) is 22.0. The number of hydrazine groups is 1. The van der Waals surface area contributed by atoms with Gasteiger partial charge in [-0.25, -0.2) is 5.84 Å². The predicted octanol–water partition coefficient (Wildman–Crippen LogP) is -1.67. The molecule has 1 amide bonds. The van der Waals surface area contributed by atoms with E-state index in [4.69, 9.17) is 5.84 Å². The Morgan fingerprint density at radius 1 is 1.50 bits per heavy atom. The van der Waals surface area contributed by atoms with Crippen molar-refractivity contribution < 1.29 is 4.79 Å². The van der Waals surface area contributed by atoms with E-state index in [-0.39, 0.29) is 11.3 Å². The van der Waals surface area contributed by atoms with Crippen molar-refractivity contribution in [2.45, 2.75) is 0 Å². The molecule has 1 aromatic rings. The smallest absolute Gasteiger partial charge is 0.283 e. The molecular formula is C6H10N4O2. The number of aromatic nitrogens is 2. The number of nitrogens with two attached hydrogens (primary N) is 1. The highest BCUT2D eigenvalue weighted by Gasteiger charge is 2.11. The zero-order valence-corrected chi connectivity index (χ0v) is 6.87. The van der Waals surface area contributed by atoms with E-state index in [1.54, 1.807) is 14.1 Å². The first kappa shape index (κ1) is 8.54. The largest absolute Gasteiger partial charge is 0.289 e.